The zero-order chi connectivity index (χ0) is 18.1. The first-order valence-corrected chi connectivity index (χ1v) is 8.46. The van der Waals surface area contributed by atoms with Crippen molar-refractivity contribution in [1.29, 1.82) is 0 Å². The summed E-state index contributed by atoms with van der Waals surface area (Å²) in [6, 6.07) is 17.7. The standard InChI is InChI=1S/C20H24N2O3/c1-3-22(4-2)20(24)19(16-11-7-5-8-12-16)21-18(23)15-25-17-13-9-6-10-14-17/h5-14,19H,3-4,15H2,1-2H3,(H,21,23)/t19-/m0/s1. The third-order valence-electron chi connectivity index (χ3n) is 3.87. The maximum atomic E-state index is 12.8. The number of nitrogens with zero attached hydrogens (tertiary/aromatic N) is 1. The Balaban J connectivity index is 2.07. The minimum Gasteiger partial charge on any atom is -0.484 e. The van der Waals surface area contributed by atoms with Gasteiger partial charge in [-0.1, -0.05) is 48.5 Å². The van der Waals surface area contributed by atoms with Crippen molar-refractivity contribution in [2.45, 2.75) is 19.9 Å². The van der Waals surface area contributed by atoms with Gasteiger partial charge in [-0.3, -0.25) is 9.59 Å². The van der Waals surface area contributed by atoms with Crippen LogP contribution in [-0.2, 0) is 9.59 Å². The van der Waals surface area contributed by atoms with E-state index in [0.29, 0.717) is 18.8 Å². The van der Waals surface area contributed by atoms with Crippen LogP contribution in [0.2, 0.25) is 0 Å². The number of likely N-dealkylation sites (N-methyl/N-ethyl adjacent to an activating group) is 1. The Morgan fingerprint density at radius 1 is 0.960 bits per heavy atom. The number of nitrogens with one attached hydrogen (secondary N) is 1. The molecule has 5 nitrogen and oxygen atoms in total. The topological polar surface area (TPSA) is 58.6 Å². The molecule has 0 fully saturated rings. The van der Waals surface area contributed by atoms with Gasteiger partial charge in [0, 0.05) is 13.1 Å². The molecule has 25 heavy (non-hydrogen) atoms. The van der Waals surface area contributed by atoms with Crippen molar-refractivity contribution in [3.63, 3.8) is 0 Å². The maximum Gasteiger partial charge on any atom is 0.258 e. The maximum absolute atomic E-state index is 12.8. The Morgan fingerprint density at radius 2 is 1.52 bits per heavy atom. The number of ether oxygens (including phenoxy) is 1. The number of hydrogen-bond donors (Lipinski definition) is 1. The largest absolute Gasteiger partial charge is 0.484 e. The highest BCUT2D eigenvalue weighted by Gasteiger charge is 2.26. The second-order valence-electron chi connectivity index (χ2n) is 5.52. The van der Waals surface area contributed by atoms with Gasteiger partial charge in [-0.15, -0.1) is 0 Å². The third-order valence-corrected chi connectivity index (χ3v) is 3.87. The van der Waals surface area contributed by atoms with Gasteiger partial charge in [-0.25, -0.2) is 0 Å². The number of benzene rings is 2. The summed E-state index contributed by atoms with van der Waals surface area (Å²) < 4.78 is 5.46. The zero-order valence-electron chi connectivity index (χ0n) is 14.6. The number of carbonyl (C=O) groups excluding carboxylic acids is 2. The third kappa shape index (κ3) is 5.35. The van der Waals surface area contributed by atoms with Crippen LogP contribution < -0.4 is 10.1 Å². The van der Waals surface area contributed by atoms with Crippen LogP contribution in [0.25, 0.3) is 0 Å². The van der Waals surface area contributed by atoms with Crippen molar-refractivity contribution < 1.29 is 14.3 Å². The summed E-state index contributed by atoms with van der Waals surface area (Å²) >= 11 is 0. The lowest BCUT2D eigenvalue weighted by atomic mass is 10.1. The first kappa shape index (κ1) is 18.5. The summed E-state index contributed by atoms with van der Waals surface area (Å²) in [7, 11) is 0. The molecule has 0 aliphatic rings. The predicted octanol–water partition coefficient (Wildman–Crippen LogP) is 2.79. The van der Waals surface area contributed by atoms with Gasteiger partial charge >= 0.3 is 0 Å². The number of rotatable bonds is 8. The van der Waals surface area contributed by atoms with E-state index >= 15 is 0 Å². The van der Waals surface area contributed by atoms with Crippen molar-refractivity contribution in [2.75, 3.05) is 19.7 Å². The van der Waals surface area contributed by atoms with Gasteiger partial charge in [0.2, 0.25) is 5.91 Å². The highest BCUT2D eigenvalue weighted by atomic mass is 16.5. The van der Waals surface area contributed by atoms with Gasteiger partial charge in [-0.2, -0.15) is 0 Å². The van der Waals surface area contributed by atoms with Gasteiger partial charge in [0.05, 0.1) is 0 Å². The van der Waals surface area contributed by atoms with Crippen LogP contribution in [0.5, 0.6) is 5.75 Å². The lowest BCUT2D eigenvalue weighted by molar-refractivity contribution is -0.136. The molecule has 0 aromatic heterocycles. The molecule has 0 radical (unpaired) electrons. The summed E-state index contributed by atoms with van der Waals surface area (Å²) in [5, 5.41) is 2.80. The molecule has 2 rings (SSSR count). The predicted molar refractivity (Wildman–Crippen MR) is 97.2 cm³/mol. The van der Waals surface area contributed by atoms with E-state index in [1.54, 1.807) is 17.0 Å². The zero-order valence-corrected chi connectivity index (χ0v) is 14.6. The van der Waals surface area contributed by atoms with E-state index in [4.69, 9.17) is 4.74 Å². The first-order chi connectivity index (χ1) is 12.2. The van der Waals surface area contributed by atoms with Crippen molar-refractivity contribution in [1.82, 2.24) is 10.2 Å². The van der Waals surface area contributed by atoms with Crippen molar-refractivity contribution in [3.8, 4) is 5.75 Å². The molecule has 0 unspecified atom stereocenters. The van der Waals surface area contributed by atoms with Gasteiger partial charge in [0.15, 0.2) is 6.61 Å². The molecule has 0 bridgehead atoms. The summed E-state index contributed by atoms with van der Waals surface area (Å²) in [6.07, 6.45) is 0. The monoisotopic (exact) mass is 340 g/mol. The molecule has 0 spiro atoms. The van der Waals surface area contributed by atoms with Crippen molar-refractivity contribution in [2.24, 2.45) is 0 Å². The summed E-state index contributed by atoms with van der Waals surface area (Å²) in [4.78, 5) is 26.8. The average molecular weight is 340 g/mol. The van der Waals surface area contributed by atoms with Crippen LogP contribution in [0.15, 0.2) is 60.7 Å². The van der Waals surface area contributed by atoms with Crippen LogP contribution in [0.1, 0.15) is 25.5 Å². The van der Waals surface area contributed by atoms with Gasteiger partial charge in [-0.05, 0) is 31.5 Å². The Bertz CT molecular complexity index is 670. The van der Waals surface area contributed by atoms with Crippen LogP contribution in [0.4, 0.5) is 0 Å². The van der Waals surface area contributed by atoms with E-state index in [2.05, 4.69) is 5.32 Å². The van der Waals surface area contributed by atoms with E-state index < -0.39 is 6.04 Å². The van der Waals surface area contributed by atoms with E-state index in [1.807, 2.05) is 62.4 Å². The second-order valence-corrected chi connectivity index (χ2v) is 5.52. The van der Waals surface area contributed by atoms with Gasteiger partial charge < -0.3 is 15.0 Å². The Hall–Kier alpha value is -2.82. The average Bonchev–Trinajstić information content (AvgIpc) is 2.67. The van der Waals surface area contributed by atoms with Crippen molar-refractivity contribution in [3.05, 3.63) is 66.2 Å². The normalized spacial score (nSPS) is 11.4. The molecular weight excluding hydrogens is 316 g/mol. The van der Waals surface area contributed by atoms with E-state index in [1.165, 1.54) is 0 Å². The Kier molecular flexibility index (Phi) is 7.01. The minimum atomic E-state index is -0.715. The molecular formula is C20H24N2O3. The van der Waals surface area contributed by atoms with Gasteiger partial charge in [0.25, 0.3) is 5.91 Å². The van der Waals surface area contributed by atoms with Crippen molar-refractivity contribution >= 4 is 11.8 Å². The minimum absolute atomic E-state index is 0.121. The first-order valence-electron chi connectivity index (χ1n) is 8.46. The summed E-state index contributed by atoms with van der Waals surface area (Å²) in [6.45, 7) is 4.89. The molecule has 5 heteroatoms. The molecule has 0 aliphatic heterocycles. The van der Waals surface area contributed by atoms with E-state index in [-0.39, 0.29) is 18.4 Å². The molecule has 0 saturated heterocycles. The summed E-state index contributed by atoms with van der Waals surface area (Å²) in [5.74, 6) is 0.159. The van der Waals surface area contributed by atoms with Gasteiger partial charge in [0.1, 0.15) is 11.8 Å². The number of carbonyl (C=O) groups is 2. The SMILES string of the molecule is CCN(CC)C(=O)[C@@H](NC(=O)COc1ccccc1)c1ccccc1. The molecule has 132 valence electrons. The molecule has 0 aliphatic carbocycles. The molecule has 2 amide bonds. The van der Waals surface area contributed by atoms with Crippen LogP contribution in [0.3, 0.4) is 0 Å². The lowest BCUT2D eigenvalue weighted by Gasteiger charge is -2.26. The van der Waals surface area contributed by atoms with Crippen LogP contribution >= 0.6 is 0 Å². The highest BCUT2D eigenvalue weighted by molar-refractivity contribution is 5.89. The number of para-hydroxylation sites is 1. The second kappa shape index (κ2) is 9.47. The lowest BCUT2D eigenvalue weighted by Crippen LogP contribution is -2.44. The molecule has 0 saturated carbocycles. The summed E-state index contributed by atoms with van der Waals surface area (Å²) in [5.41, 5.74) is 0.757. The highest BCUT2D eigenvalue weighted by Crippen LogP contribution is 2.16. The smallest absolute Gasteiger partial charge is 0.258 e. The fourth-order valence-electron chi connectivity index (χ4n) is 2.52. The molecule has 2 aromatic carbocycles. The van der Waals surface area contributed by atoms with E-state index in [9.17, 15) is 9.59 Å². The fourth-order valence-corrected chi connectivity index (χ4v) is 2.52. The molecule has 2 aromatic rings. The Labute approximate surface area is 148 Å². The van der Waals surface area contributed by atoms with Crippen LogP contribution in [-0.4, -0.2) is 36.4 Å². The van der Waals surface area contributed by atoms with E-state index in [0.717, 1.165) is 5.56 Å². The number of hydrogen-bond acceptors (Lipinski definition) is 3. The van der Waals surface area contributed by atoms with Crippen LogP contribution in [0, 0.1) is 0 Å². The Morgan fingerprint density at radius 3 is 2.08 bits per heavy atom. The molecule has 0 heterocycles. The fraction of sp³-hybridized carbons (Fsp3) is 0.300. The molecule has 1 N–H and O–H groups in total. The molecule has 1 atom stereocenters. The number of amides is 2. The quantitative estimate of drug-likeness (QED) is 0.804.